The first-order valence-corrected chi connectivity index (χ1v) is 10.7. The molecule has 1 saturated heterocycles. The van der Waals surface area contributed by atoms with Gasteiger partial charge in [0, 0.05) is 43.6 Å². The molecule has 150 valence electrons. The summed E-state index contributed by atoms with van der Waals surface area (Å²) in [5.74, 6) is 0.565. The van der Waals surface area contributed by atoms with E-state index >= 15 is 0 Å². The molecule has 1 aromatic carbocycles. The average Bonchev–Trinajstić information content (AvgIpc) is 3.19. The zero-order chi connectivity index (χ0) is 19.8. The van der Waals surface area contributed by atoms with E-state index in [4.69, 9.17) is 15.5 Å². The molecule has 0 atom stereocenters. The zero-order valence-electron chi connectivity index (χ0n) is 16.0. The Hall–Kier alpha value is -2.42. The van der Waals surface area contributed by atoms with Crippen LogP contribution < -0.4 is 16.4 Å². The molecule has 2 aliphatic heterocycles. The Bertz CT molecular complexity index is 1090. The van der Waals surface area contributed by atoms with Gasteiger partial charge in [0.05, 0.1) is 16.4 Å². The number of hydrogen-bond donors (Lipinski definition) is 3. The average molecular weight is 455 g/mol. The highest BCUT2D eigenvalue weighted by atomic mass is 79.9. The second-order valence-electron chi connectivity index (χ2n) is 7.43. The molecule has 2 aliphatic rings. The van der Waals surface area contributed by atoms with Crippen molar-refractivity contribution in [3.63, 3.8) is 0 Å². The van der Waals surface area contributed by atoms with Gasteiger partial charge in [0.2, 0.25) is 0 Å². The lowest BCUT2D eigenvalue weighted by Gasteiger charge is -2.23. The summed E-state index contributed by atoms with van der Waals surface area (Å²) >= 11 is 3.61. The van der Waals surface area contributed by atoms with Crippen LogP contribution in [0, 0.1) is 0 Å². The fourth-order valence-corrected chi connectivity index (χ4v) is 4.31. The van der Waals surface area contributed by atoms with Crippen molar-refractivity contribution in [2.75, 3.05) is 30.8 Å². The first-order chi connectivity index (χ1) is 14.2. The number of aromatic nitrogens is 3. The fraction of sp³-hybridized carbons (Fsp3) is 0.333. The van der Waals surface area contributed by atoms with E-state index in [9.17, 15) is 0 Å². The molecule has 4 heterocycles. The number of nitrogens with two attached hydrogens (primary N) is 1. The number of anilines is 2. The summed E-state index contributed by atoms with van der Waals surface area (Å²) in [6, 6.07) is 8.73. The van der Waals surface area contributed by atoms with Gasteiger partial charge in [-0.25, -0.2) is 4.98 Å². The van der Waals surface area contributed by atoms with Crippen LogP contribution in [0.3, 0.4) is 0 Å². The van der Waals surface area contributed by atoms with Gasteiger partial charge in [-0.05, 0) is 52.1 Å². The molecule has 0 amide bonds. The smallest absolute Gasteiger partial charge is 0.165 e. The summed E-state index contributed by atoms with van der Waals surface area (Å²) in [6.45, 7) is 2.99. The molecule has 0 aliphatic carbocycles. The number of ether oxygens (including phenoxy) is 1. The van der Waals surface area contributed by atoms with Gasteiger partial charge < -0.3 is 21.1 Å². The van der Waals surface area contributed by atoms with Crippen molar-refractivity contribution in [1.29, 1.82) is 0 Å². The topological polar surface area (TPSA) is 89.5 Å². The normalized spacial score (nSPS) is 17.1. The second-order valence-corrected chi connectivity index (χ2v) is 8.22. The minimum Gasteiger partial charge on any atom is -0.383 e. The number of halogens is 1. The molecule has 4 N–H and O–H groups in total. The van der Waals surface area contributed by atoms with E-state index in [-0.39, 0.29) is 0 Å². The van der Waals surface area contributed by atoms with E-state index in [0.717, 1.165) is 65.2 Å². The van der Waals surface area contributed by atoms with Crippen LogP contribution in [0.15, 0.2) is 34.9 Å². The van der Waals surface area contributed by atoms with Crippen LogP contribution >= 0.6 is 15.9 Å². The largest absolute Gasteiger partial charge is 0.383 e. The number of rotatable bonds is 4. The van der Waals surface area contributed by atoms with Crippen molar-refractivity contribution in [3.05, 3.63) is 51.8 Å². The minimum absolute atomic E-state index is 0.445. The van der Waals surface area contributed by atoms with Crippen molar-refractivity contribution in [2.45, 2.75) is 25.4 Å². The summed E-state index contributed by atoms with van der Waals surface area (Å²) < 4.78 is 7.94. The maximum Gasteiger partial charge on any atom is 0.165 e. The Kier molecular flexibility index (Phi) is 4.99. The van der Waals surface area contributed by atoms with E-state index in [1.165, 1.54) is 5.56 Å². The number of para-hydroxylation sites is 1. The highest BCUT2D eigenvalue weighted by Crippen LogP contribution is 2.32. The lowest BCUT2D eigenvalue weighted by molar-refractivity contribution is 0.0775. The maximum absolute atomic E-state index is 6.38. The lowest BCUT2D eigenvalue weighted by atomic mass is 10.0. The van der Waals surface area contributed by atoms with Gasteiger partial charge in [0.15, 0.2) is 5.65 Å². The van der Waals surface area contributed by atoms with E-state index in [1.807, 2.05) is 18.3 Å². The van der Waals surface area contributed by atoms with Crippen molar-refractivity contribution in [1.82, 2.24) is 19.9 Å². The van der Waals surface area contributed by atoms with E-state index < -0.39 is 0 Å². The predicted octanol–water partition coefficient (Wildman–Crippen LogP) is 3.31. The monoisotopic (exact) mass is 454 g/mol. The van der Waals surface area contributed by atoms with E-state index in [1.54, 1.807) is 4.52 Å². The Morgan fingerprint density at radius 1 is 1.28 bits per heavy atom. The fourth-order valence-electron chi connectivity index (χ4n) is 3.92. The van der Waals surface area contributed by atoms with Crippen molar-refractivity contribution < 1.29 is 4.74 Å². The van der Waals surface area contributed by atoms with Crippen LogP contribution in [0.4, 0.5) is 11.5 Å². The molecule has 3 aromatic rings. The number of benzene rings is 1. The van der Waals surface area contributed by atoms with Crippen LogP contribution in [-0.4, -0.2) is 40.4 Å². The van der Waals surface area contributed by atoms with Gasteiger partial charge in [-0.15, -0.1) is 0 Å². The zero-order valence-corrected chi connectivity index (χ0v) is 17.6. The number of fused-ring (bicyclic) bond motifs is 2. The third-order valence-corrected chi connectivity index (χ3v) is 6.44. The highest BCUT2D eigenvalue weighted by molar-refractivity contribution is 9.10. The van der Waals surface area contributed by atoms with E-state index in [2.05, 4.69) is 49.9 Å². The van der Waals surface area contributed by atoms with Crippen LogP contribution in [0.5, 0.6) is 0 Å². The van der Waals surface area contributed by atoms with Crippen LogP contribution in [0.1, 0.15) is 29.7 Å². The minimum atomic E-state index is 0.445. The molecule has 7 nitrogen and oxygen atoms in total. The highest BCUT2D eigenvalue weighted by Gasteiger charge is 2.20. The van der Waals surface area contributed by atoms with Gasteiger partial charge >= 0.3 is 0 Å². The van der Waals surface area contributed by atoms with Gasteiger partial charge in [0.1, 0.15) is 5.82 Å². The van der Waals surface area contributed by atoms with Crippen LogP contribution in [0.2, 0.25) is 0 Å². The molecule has 0 bridgehead atoms. The molecule has 8 heteroatoms. The molecule has 0 saturated carbocycles. The Balaban J connectivity index is 1.49. The Labute approximate surface area is 177 Å². The Morgan fingerprint density at radius 3 is 2.97 bits per heavy atom. The van der Waals surface area contributed by atoms with Crippen LogP contribution in [0.25, 0.3) is 17.3 Å². The number of nitrogen functional groups attached to an aromatic ring is 1. The summed E-state index contributed by atoms with van der Waals surface area (Å²) in [5.41, 5.74) is 12.5. The Morgan fingerprint density at radius 2 is 2.10 bits per heavy atom. The molecule has 2 aromatic heterocycles. The molecule has 0 spiro atoms. The van der Waals surface area contributed by atoms with Gasteiger partial charge in [-0.3, -0.25) is 0 Å². The maximum atomic E-state index is 6.38. The first-order valence-electron chi connectivity index (χ1n) is 9.87. The van der Waals surface area contributed by atoms with Gasteiger partial charge in [-0.1, -0.05) is 18.2 Å². The number of nitrogens with one attached hydrogen (secondary N) is 2. The standard InChI is InChI=1S/C21H23BrN6O/c22-19-18(12-24-15-5-7-29-8-6-15)27-21-16(11-26-28(21)20(19)23)14-9-13-3-1-2-4-17(13)25-10-14/h1-4,9,11,15,24-25H,5-8,10,12,23H2. The summed E-state index contributed by atoms with van der Waals surface area (Å²) in [4.78, 5) is 4.92. The van der Waals surface area contributed by atoms with Crippen molar-refractivity contribution in [2.24, 2.45) is 0 Å². The molecule has 29 heavy (non-hydrogen) atoms. The summed E-state index contributed by atoms with van der Waals surface area (Å²) in [5, 5.41) is 11.6. The van der Waals surface area contributed by atoms with Crippen LogP contribution in [-0.2, 0) is 11.3 Å². The van der Waals surface area contributed by atoms with Crippen molar-refractivity contribution in [3.8, 4) is 0 Å². The summed E-state index contributed by atoms with van der Waals surface area (Å²) in [6.07, 6.45) is 6.08. The molecule has 0 unspecified atom stereocenters. The van der Waals surface area contributed by atoms with Gasteiger partial charge in [-0.2, -0.15) is 9.61 Å². The first kappa shape index (κ1) is 18.6. The van der Waals surface area contributed by atoms with Crippen molar-refractivity contribution >= 4 is 44.7 Å². The second kappa shape index (κ2) is 7.78. The molecular weight excluding hydrogens is 432 g/mol. The predicted molar refractivity (Wildman–Crippen MR) is 119 cm³/mol. The molecular formula is C21H23BrN6O. The van der Waals surface area contributed by atoms with E-state index in [0.29, 0.717) is 18.4 Å². The molecule has 1 fully saturated rings. The quantitative estimate of drug-likeness (QED) is 0.560. The lowest BCUT2D eigenvalue weighted by Crippen LogP contribution is -2.34. The summed E-state index contributed by atoms with van der Waals surface area (Å²) in [7, 11) is 0. The van der Waals surface area contributed by atoms with Gasteiger partial charge in [0.25, 0.3) is 0 Å². The third kappa shape index (κ3) is 3.52. The third-order valence-electron chi connectivity index (χ3n) is 5.58. The molecule has 5 rings (SSSR count). The number of hydrogen-bond acceptors (Lipinski definition) is 6. The molecule has 0 radical (unpaired) electrons. The SMILES string of the molecule is Nc1c(Br)c(CNC2CCOCC2)nc2c(C3=Cc4ccccc4NC3)cnn12. The number of nitrogens with zero attached hydrogens (tertiary/aromatic N) is 3.